The Kier molecular flexibility index (Phi) is 4.30. The molecule has 0 bridgehead atoms. The Morgan fingerprint density at radius 2 is 1.68 bits per heavy atom. The van der Waals surface area contributed by atoms with Gasteiger partial charge in [-0.25, -0.2) is 14.4 Å². The van der Waals surface area contributed by atoms with Gasteiger partial charge in [0.05, 0.1) is 0 Å². The summed E-state index contributed by atoms with van der Waals surface area (Å²) >= 11 is 6.06. The zero-order chi connectivity index (χ0) is 15.4. The smallest absolute Gasteiger partial charge is 0.163 e. The predicted octanol–water partition coefficient (Wildman–Crippen LogP) is 4.55. The van der Waals surface area contributed by atoms with E-state index in [0.29, 0.717) is 23.3 Å². The van der Waals surface area contributed by atoms with E-state index in [1.54, 1.807) is 18.2 Å². The molecule has 0 atom stereocenters. The molecule has 3 rings (SSSR count). The molecule has 22 heavy (non-hydrogen) atoms. The molecule has 0 amide bonds. The molecule has 0 aliphatic rings. The molecule has 2 aromatic carbocycles. The van der Waals surface area contributed by atoms with Crippen LogP contribution in [-0.2, 0) is 6.54 Å². The van der Waals surface area contributed by atoms with Gasteiger partial charge in [0.2, 0.25) is 0 Å². The van der Waals surface area contributed by atoms with E-state index in [2.05, 4.69) is 15.3 Å². The van der Waals surface area contributed by atoms with E-state index >= 15 is 0 Å². The lowest BCUT2D eigenvalue weighted by Gasteiger charge is -2.08. The Morgan fingerprint density at radius 1 is 0.955 bits per heavy atom. The first-order valence-corrected chi connectivity index (χ1v) is 7.17. The maximum Gasteiger partial charge on any atom is 0.163 e. The van der Waals surface area contributed by atoms with Crippen LogP contribution in [0, 0.1) is 5.82 Å². The third-order valence-electron chi connectivity index (χ3n) is 3.11. The molecule has 110 valence electrons. The number of anilines is 1. The molecule has 0 aliphatic heterocycles. The number of halogens is 2. The van der Waals surface area contributed by atoms with Crippen molar-refractivity contribution in [1.29, 1.82) is 0 Å². The van der Waals surface area contributed by atoms with Gasteiger partial charge in [0.1, 0.15) is 16.8 Å². The molecule has 1 aromatic heterocycles. The largest absolute Gasteiger partial charge is 0.366 e. The first-order chi connectivity index (χ1) is 10.7. The van der Waals surface area contributed by atoms with Gasteiger partial charge < -0.3 is 5.32 Å². The highest BCUT2D eigenvalue weighted by Gasteiger charge is 2.05. The highest BCUT2D eigenvalue weighted by atomic mass is 35.5. The lowest BCUT2D eigenvalue weighted by molar-refractivity contribution is 0.627. The summed E-state index contributed by atoms with van der Waals surface area (Å²) in [7, 11) is 0. The van der Waals surface area contributed by atoms with Crippen LogP contribution in [0.4, 0.5) is 10.2 Å². The molecule has 0 saturated heterocycles. The summed E-state index contributed by atoms with van der Waals surface area (Å²) in [6.07, 6.45) is 0. The molecular weight excluding hydrogens is 301 g/mol. The summed E-state index contributed by atoms with van der Waals surface area (Å²) in [5.41, 5.74) is 1.85. The van der Waals surface area contributed by atoms with Crippen LogP contribution in [0.1, 0.15) is 5.56 Å². The molecule has 1 heterocycles. The second-order valence-electron chi connectivity index (χ2n) is 4.75. The van der Waals surface area contributed by atoms with Gasteiger partial charge in [-0.2, -0.15) is 0 Å². The van der Waals surface area contributed by atoms with E-state index in [1.807, 2.05) is 30.3 Å². The lowest BCUT2D eigenvalue weighted by atomic mass is 10.2. The first kappa shape index (κ1) is 14.5. The van der Waals surface area contributed by atoms with Crippen molar-refractivity contribution < 1.29 is 4.39 Å². The van der Waals surface area contributed by atoms with Crippen molar-refractivity contribution in [2.45, 2.75) is 6.54 Å². The number of nitrogens with zero attached hydrogens (tertiary/aromatic N) is 2. The van der Waals surface area contributed by atoms with Crippen molar-refractivity contribution in [3.8, 4) is 11.4 Å². The number of aromatic nitrogens is 2. The quantitative estimate of drug-likeness (QED) is 0.718. The van der Waals surface area contributed by atoms with Gasteiger partial charge in [0, 0.05) is 18.2 Å². The maximum atomic E-state index is 12.9. The molecule has 0 saturated carbocycles. The fraction of sp³-hybridized carbons (Fsp3) is 0.0588. The minimum Gasteiger partial charge on any atom is -0.366 e. The Bertz CT molecular complexity index is 761. The maximum absolute atomic E-state index is 12.9. The van der Waals surface area contributed by atoms with Gasteiger partial charge in [0.25, 0.3) is 0 Å². The molecule has 0 aliphatic carbocycles. The van der Waals surface area contributed by atoms with Gasteiger partial charge in [-0.05, 0) is 17.7 Å². The fourth-order valence-corrected chi connectivity index (χ4v) is 2.20. The van der Waals surface area contributed by atoms with E-state index in [9.17, 15) is 4.39 Å². The van der Waals surface area contributed by atoms with Crippen molar-refractivity contribution in [3.05, 3.63) is 77.2 Å². The molecule has 0 unspecified atom stereocenters. The van der Waals surface area contributed by atoms with Crippen molar-refractivity contribution in [1.82, 2.24) is 9.97 Å². The Labute approximate surface area is 132 Å². The first-order valence-electron chi connectivity index (χ1n) is 6.79. The number of hydrogen-bond acceptors (Lipinski definition) is 3. The van der Waals surface area contributed by atoms with Crippen LogP contribution in [0.2, 0.25) is 5.15 Å². The summed E-state index contributed by atoms with van der Waals surface area (Å²) in [5, 5.41) is 3.54. The predicted molar refractivity (Wildman–Crippen MR) is 86.2 cm³/mol. The summed E-state index contributed by atoms with van der Waals surface area (Å²) in [5.74, 6) is 0.943. The van der Waals surface area contributed by atoms with Crippen LogP contribution in [0.15, 0.2) is 60.7 Å². The molecular formula is C17H13ClFN3. The Morgan fingerprint density at radius 3 is 2.41 bits per heavy atom. The second-order valence-corrected chi connectivity index (χ2v) is 5.13. The standard InChI is InChI=1S/C17H13ClFN3/c18-15-10-16(20-11-12-6-8-14(19)9-7-12)22-17(21-15)13-4-2-1-3-5-13/h1-10H,11H2,(H,20,21,22). The zero-order valence-corrected chi connectivity index (χ0v) is 12.4. The van der Waals surface area contributed by atoms with Crippen molar-refractivity contribution in [2.24, 2.45) is 0 Å². The molecule has 1 N–H and O–H groups in total. The van der Waals surface area contributed by atoms with Crippen LogP contribution in [0.3, 0.4) is 0 Å². The lowest BCUT2D eigenvalue weighted by Crippen LogP contribution is -2.03. The molecule has 5 heteroatoms. The minimum absolute atomic E-state index is 0.250. The monoisotopic (exact) mass is 313 g/mol. The van der Waals surface area contributed by atoms with Crippen molar-refractivity contribution in [2.75, 3.05) is 5.32 Å². The fourth-order valence-electron chi connectivity index (χ4n) is 2.02. The van der Waals surface area contributed by atoms with Gasteiger partial charge in [-0.15, -0.1) is 0 Å². The van der Waals surface area contributed by atoms with E-state index < -0.39 is 0 Å². The topological polar surface area (TPSA) is 37.8 Å². The van der Waals surface area contributed by atoms with Gasteiger partial charge in [0.15, 0.2) is 5.82 Å². The molecule has 0 fully saturated rings. The summed E-state index contributed by atoms with van der Waals surface area (Å²) in [6, 6.07) is 17.6. The van der Waals surface area contributed by atoms with Crippen molar-refractivity contribution in [3.63, 3.8) is 0 Å². The Hall–Kier alpha value is -2.46. The number of hydrogen-bond donors (Lipinski definition) is 1. The number of rotatable bonds is 4. The van der Waals surface area contributed by atoms with Crippen LogP contribution in [0.5, 0.6) is 0 Å². The summed E-state index contributed by atoms with van der Waals surface area (Å²) in [4.78, 5) is 8.69. The van der Waals surface area contributed by atoms with Gasteiger partial charge >= 0.3 is 0 Å². The van der Waals surface area contributed by atoms with E-state index in [-0.39, 0.29) is 5.82 Å². The normalized spacial score (nSPS) is 10.5. The SMILES string of the molecule is Fc1ccc(CNc2cc(Cl)nc(-c3ccccc3)n2)cc1. The third-order valence-corrected chi connectivity index (χ3v) is 3.31. The highest BCUT2D eigenvalue weighted by molar-refractivity contribution is 6.29. The number of benzene rings is 2. The van der Waals surface area contributed by atoms with Gasteiger partial charge in [-0.1, -0.05) is 54.1 Å². The summed E-state index contributed by atoms with van der Waals surface area (Å²) in [6.45, 7) is 0.530. The second kappa shape index (κ2) is 6.54. The van der Waals surface area contributed by atoms with E-state index in [1.165, 1.54) is 12.1 Å². The number of nitrogens with one attached hydrogen (secondary N) is 1. The van der Waals surface area contributed by atoms with Crippen LogP contribution in [0.25, 0.3) is 11.4 Å². The minimum atomic E-state index is -0.250. The average molecular weight is 314 g/mol. The third kappa shape index (κ3) is 3.59. The van der Waals surface area contributed by atoms with E-state index in [4.69, 9.17) is 11.6 Å². The van der Waals surface area contributed by atoms with Gasteiger partial charge in [-0.3, -0.25) is 0 Å². The van der Waals surface area contributed by atoms with Crippen LogP contribution >= 0.6 is 11.6 Å². The van der Waals surface area contributed by atoms with Crippen molar-refractivity contribution >= 4 is 17.4 Å². The summed E-state index contributed by atoms with van der Waals surface area (Å²) < 4.78 is 12.9. The molecule has 0 radical (unpaired) electrons. The highest BCUT2D eigenvalue weighted by Crippen LogP contribution is 2.20. The van der Waals surface area contributed by atoms with Crippen LogP contribution in [-0.4, -0.2) is 9.97 Å². The molecule has 3 nitrogen and oxygen atoms in total. The van der Waals surface area contributed by atoms with Crippen LogP contribution < -0.4 is 5.32 Å². The zero-order valence-electron chi connectivity index (χ0n) is 11.6. The Balaban J connectivity index is 1.79. The molecule has 0 spiro atoms. The van der Waals surface area contributed by atoms with E-state index in [0.717, 1.165) is 11.1 Å². The average Bonchev–Trinajstić information content (AvgIpc) is 2.55. The molecule has 3 aromatic rings.